The van der Waals surface area contributed by atoms with Gasteiger partial charge in [0.05, 0.1) is 8.48 Å². The Hall–Kier alpha value is -1.77. The van der Waals surface area contributed by atoms with Gasteiger partial charge in [-0.15, -0.1) is 0 Å². The zero-order chi connectivity index (χ0) is 19.3. The fraction of sp³-hybridized carbons (Fsp3) is 0.471. The highest BCUT2D eigenvalue weighted by atomic mass is 16.5. The van der Waals surface area contributed by atoms with Gasteiger partial charge in [0.1, 0.15) is 0 Å². The van der Waals surface area contributed by atoms with E-state index in [0.29, 0.717) is 12.0 Å². The lowest BCUT2D eigenvalue weighted by molar-refractivity contribution is -0.114. The number of phenols is 1. The summed E-state index contributed by atoms with van der Waals surface area (Å²) in [6, 6.07) is 3.57. The maximum absolute atomic E-state index is 12.3. The first-order valence-electron chi connectivity index (χ1n) is 9.12. The molecule has 1 N–H and O–H groups in total. The normalized spacial score (nSPS) is 16.5. The molecule has 110 valence electrons. The predicted molar refractivity (Wildman–Crippen MR) is 81.3 cm³/mol. The summed E-state index contributed by atoms with van der Waals surface area (Å²) >= 11 is 0. The Kier molecular flexibility index (Phi) is 4.61. The average Bonchev–Trinajstić information content (AvgIpc) is 2.53. The molecule has 0 fully saturated rings. The van der Waals surface area contributed by atoms with Crippen molar-refractivity contribution in [1.82, 2.24) is 0 Å². The molecule has 0 aliphatic heterocycles. The summed E-state index contributed by atoms with van der Waals surface area (Å²) < 4.78 is 44.3. The second-order valence-electron chi connectivity index (χ2n) is 4.29. The van der Waals surface area contributed by atoms with Crippen molar-refractivity contribution in [3.05, 3.63) is 35.9 Å². The van der Waals surface area contributed by atoms with Gasteiger partial charge < -0.3 is 9.84 Å². The number of ether oxygens (including phenoxy) is 1. The highest BCUT2D eigenvalue weighted by Gasteiger charge is 2.04. The molecule has 0 unspecified atom stereocenters. The van der Waals surface area contributed by atoms with E-state index in [1.54, 1.807) is 0 Å². The highest BCUT2D eigenvalue weighted by Crippen LogP contribution is 2.26. The summed E-state index contributed by atoms with van der Waals surface area (Å²) in [6.07, 6.45) is -2.02. The molecule has 0 aliphatic rings. The van der Waals surface area contributed by atoms with Crippen molar-refractivity contribution in [1.29, 1.82) is 0 Å². The molecular weight excluding hydrogens is 252 g/mol. The summed E-state index contributed by atoms with van der Waals surface area (Å²) in [7, 11) is 1.36. The molecule has 1 rings (SSSR count). The zero-order valence-electron chi connectivity index (χ0n) is 16.9. The van der Waals surface area contributed by atoms with Crippen LogP contribution in [0.3, 0.4) is 0 Å². The van der Waals surface area contributed by atoms with E-state index in [1.165, 1.54) is 25.3 Å². The number of methoxy groups -OCH3 is 1. The van der Waals surface area contributed by atoms with Gasteiger partial charge in [-0.3, -0.25) is 4.79 Å². The van der Waals surface area contributed by atoms with Crippen LogP contribution in [0.4, 0.5) is 0 Å². The number of phenolic OH excluding ortho intramolecular Hbond substituents is 1. The van der Waals surface area contributed by atoms with Crippen molar-refractivity contribution in [2.75, 3.05) is 7.11 Å². The topological polar surface area (TPSA) is 46.5 Å². The lowest BCUT2D eigenvalue weighted by Gasteiger charge is -2.05. The minimum atomic E-state index is -2.36. The number of rotatable bonds is 9. The SMILES string of the molecule is [2H]/C(=C\C([2H])([2H])CCCC)C(=O)C([2H])([2H])Cc1ccc(O)c(OC)c1. The largest absolute Gasteiger partial charge is 0.504 e. The van der Waals surface area contributed by atoms with E-state index in [2.05, 4.69) is 0 Å². The zero-order valence-corrected chi connectivity index (χ0v) is 11.9. The van der Waals surface area contributed by atoms with Gasteiger partial charge in [-0.1, -0.05) is 31.9 Å². The third-order valence-electron chi connectivity index (χ3n) is 2.68. The minimum Gasteiger partial charge on any atom is -0.504 e. The molecule has 0 spiro atoms. The maximum Gasteiger partial charge on any atom is 0.160 e. The Morgan fingerprint density at radius 1 is 1.50 bits per heavy atom. The van der Waals surface area contributed by atoms with Gasteiger partial charge in [0, 0.05) is 11.9 Å². The van der Waals surface area contributed by atoms with E-state index in [-0.39, 0.29) is 24.3 Å². The molecule has 0 saturated carbocycles. The van der Waals surface area contributed by atoms with Crippen molar-refractivity contribution in [3.63, 3.8) is 0 Å². The first kappa shape index (κ1) is 10.0. The highest BCUT2D eigenvalue weighted by molar-refractivity contribution is 5.89. The van der Waals surface area contributed by atoms with E-state index in [4.69, 9.17) is 11.6 Å². The number of hydrogen-bond acceptors (Lipinski definition) is 3. The quantitative estimate of drug-likeness (QED) is 0.695. The lowest BCUT2D eigenvalue weighted by atomic mass is 10.1. The average molecular weight is 281 g/mol. The molecule has 0 aromatic heterocycles. The molecule has 0 aliphatic carbocycles. The molecule has 1 aromatic carbocycles. The number of benzene rings is 1. The number of carbonyl (C=O) groups excluding carboxylic acids is 1. The van der Waals surface area contributed by atoms with Crippen molar-refractivity contribution in [3.8, 4) is 11.5 Å². The van der Waals surface area contributed by atoms with Crippen LogP contribution in [0.1, 0.15) is 51.3 Å². The second kappa shape index (κ2) is 9.18. The smallest absolute Gasteiger partial charge is 0.160 e. The first-order valence-corrected chi connectivity index (χ1v) is 6.62. The van der Waals surface area contributed by atoms with Crippen LogP contribution < -0.4 is 4.74 Å². The number of ketones is 1. The third-order valence-corrected chi connectivity index (χ3v) is 2.68. The molecule has 1 aromatic rings. The number of aryl methyl sites for hydroxylation is 1. The van der Waals surface area contributed by atoms with Crippen LogP contribution in [-0.4, -0.2) is 18.0 Å². The fourth-order valence-electron chi connectivity index (χ4n) is 1.53. The van der Waals surface area contributed by atoms with Crippen molar-refractivity contribution in [2.24, 2.45) is 0 Å². The lowest BCUT2D eigenvalue weighted by Crippen LogP contribution is -1.96. The monoisotopic (exact) mass is 281 g/mol. The number of carbonyl (C=O) groups is 1. The maximum atomic E-state index is 12.3. The van der Waals surface area contributed by atoms with Crippen LogP contribution in [-0.2, 0) is 11.2 Å². The summed E-state index contributed by atoms with van der Waals surface area (Å²) in [5, 5.41) is 9.56. The van der Waals surface area contributed by atoms with Crippen LogP contribution in [0, 0.1) is 0 Å². The van der Waals surface area contributed by atoms with Crippen molar-refractivity contribution < 1.29 is 21.5 Å². The van der Waals surface area contributed by atoms with Crippen LogP contribution in [0.25, 0.3) is 0 Å². The molecule has 3 nitrogen and oxygen atoms in total. The van der Waals surface area contributed by atoms with Gasteiger partial charge in [-0.25, -0.2) is 0 Å². The van der Waals surface area contributed by atoms with E-state index in [9.17, 15) is 9.90 Å². The Balaban J connectivity index is 2.95. The number of unbranched alkanes of at least 4 members (excludes halogenated alkanes) is 1. The van der Waals surface area contributed by atoms with Crippen LogP contribution in [0.15, 0.2) is 30.3 Å². The summed E-state index contributed by atoms with van der Waals surface area (Å²) in [5.41, 5.74) is 0.426. The Bertz CT molecular complexity index is 641. The summed E-state index contributed by atoms with van der Waals surface area (Å²) in [4.78, 5) is 12.3. The fourth-order valence-corrected chi connectivity index (χ4v) is 1.53. The number of aromatic hydroxyl groups is 1. The molecule has 3 heteroatoms. The van der Waals surface area contributed by atoms with Crippen molar-refractivity contribution in [2.45, 2.75) is 45.4 Å². The second-order valence-corrected chi connectivity index (χ2v) is 4.29. The van der Waals surface area contributed by atoms with Gasteiger partial charge in [-0.05, 0) is 43.0 Å². The van der Waals surface area contributed by atoms with Gasteiger partial charge in [0.15, 0.2) is 17.3 Å². The van der Waals surface area contributed by atoms with E-state index >= 15 is 0 Å². The van der Waals surface area contributed by atoms with Gasteiger partial charge in [-0.2, -0.15) is 0 Å². The van der Waals surface area contributed by atoms with E-state index in [1.807, 2.05) is 6.92 Å². The third kappa shape index (κ3) is 5.91. The minimum absolute atomic E-state index is 0.0941. The standard InChI is InChI=1S/C17H24O3/c1-3-4-5-6-7-8-15(18)11-9-14-10-12-16(19)17(13-14)20-2/h7-8,10,12-13,19H,3-6,9,11H2,1-2H3/b8-7+/i6D2,8D,11D2. The predicted octanol–water partition coefficient (Wildman–Crippen LogP) is 4.04. The Morgan fingerprint density at radius 2 is 2.30 bits per heavy atom. The first-order chi connectivity index (χ1) is 11.5. The molecule has 0 radical (unpaired) electrons. The Labute approximate surface area is 128 Å². The molecule has 0 amide bonds. The van der Waals surface area contributed by atoms with Gasteiger partial charge in [0.2, 0.25) is 0 Å². The molecule has 0 atom stereocenters. The van der Waals surface area contributed by atoms with Crippen LogP contribution in [0.5, 0.6) is 11.5 Å². The molecular formula is C17H24O3. The van der Waals surface area contributed by atoms with Crippen molar-refractivity contribution >= 4 is 5.78 Å². The molecule has 20 heavy (non-hydrogen) atoms. The summed E-state index contributed by atoms with van der Waals surface area (Å²) in [5.74, 6) is -0.999. The number of hydrogen-bond donors (Lipinski definition) is 1. The van der Waals surface area contributed by atoms with Crippen LogP contribution >= 0.6 is 0 Å². The molecule has 0 heterocycles. The number of allylic oxidation sites excluding steroid dienone is 2. The summed E-state index contributed by atoms with van der Waals surface area (Å²) in [6.45, 7) is 1.91. The van der Waals surface area contributed by atoms with Gasteiger partial charge in [0.25, 0.3) is 0 Å². The molecule has 0 bridgehead atoms. The van der Waals surface area contributed by atoms with E-state index in [0.717, 1.165) is 12.5 Å². The molecule has 0 saturated heterocycles. The van der Waals surface area contributed by atoms with Crippen LogP contribution in [0.2, 0.25) is 0 Å². The Morgan fingerprint density at radius 3 is 3.00 bits per heavy atom. The van der Waals surface area contributed by atoms with Gasteiger partial charge >= 0.3 is 0 Å². The van der Waals surface area contributed by atoms with E-state index < -0.39 is 24.6 Å².